The van der Waals surface area contributed by atoms with Crippen LogP contribution in [0.2, 0.25) is 0 Å². The smallest absolute Gasteiger partial charge is 0.195 e. The van der Waals surface area contributed by atoms with Gasteiger partial charge < -0.3 is 20.1 Å². The largest absolute Gasteiger partial charge is 0.492 e. The van der Waals surface area contributed by atoms with Crippen molar-refractivity contribution in [1.29, 1.82) is 0 Å². The fourth-order valence-electron chi connectivity index (χ4n) is 2.54. The number of nitrogens with zero attached hydrogens (tertiary/aromatic N) is 1. The van der Waals surface area contributed by atoms with E-state index in [1.165, 1.54) is 7.11 Å². The zero-order valence-corrected chi connectivity index (χ0v) is 15.0. The van der Waals surface area contributed by atoms with Gasteiger partial charge in [-0.15, -0.1) is 0 Å². The molecule has 0 spiro atoms. The first-order chi connectivity index (χ1) is 11.4. The van der Waals surface area contributed by atoms with Crippen molar-refractivity contribution in [3.05, 3.63) is 17.7 Å². The molecule has 0 amide bonds. The van der Waals surface area contributed by atoms with Gasteiger partial charge in [0.05, 0.1) is 26.0 Å². The maximum Gasteiger partial charge on any atom is 0.195 e. The number of nitrogens with two attached hydrogens (primary N) is 1. The molecule has 0 saturated carbocycles. The molecule has 0 aliphatic carbocycles. The molecule has 0 bridgehead atoms. The third-order valence-electron chi connectivity index (χ3n) is 3.86. The maximum absolute atomic E-state index is 6.11. The third kappa shape index (κ3) is 5.24. The Bertz CT molecular complexity index is 524. The molecule has 0 unspecified atom stereocenters. The summed E-state index contributed by atoms with van der Waals surface area (Å²) in [6.07, 6.45) is 0. The van der Waals surface area contributed by atoms with Crippen LogP contribution < -0.4 is 15.4 Å². The predicted octanol–water partition coefficient (Wildman–Crippen LogP) is 2.15. The Morgan fingerprint density at radius 3 is 2.54 bits per heavy atom. The monoisotopic (exact) mass is 340 g/mol. The average Bonchev–Trinajstić information content (AvgIpc) is 2.53. The highest BCUT2D eigenvalue weighted by Gasteiger charge is 2.24. The minimum absolute atomic E-state index is 0.190. The summed E-state index contributed by atoms with van der Waals surface area (Å²) in [7, 11) is 1.37. The number of anilines is 1. The summed E-state index contributed by atoms with van der Waals surface area (Å²) < 4.78 is 11.2. The maximum atomic E-state index is 6.11. The van der Waals surface area contributed by atoms with Gasteiger partial charge in [-0.1, -0.05) is 20.8 Å². The van der Waals surface area contributed by atoms with E-state index in [4.69, 9.17) is 20.1 Å². The minimum Gasteiger partial charge on any atom is -0.492 e. The van der Waals surface area contributed by atoms with Gasteiger partial charge in [0, 0.05) is 31.3 Å². The van der Waals surface area contributed by atoms with E-state index >= 15 is 0 Å². The molecule has 1 fully saturated rings. The zero-order valence-electron chi connectivity index (χ0n) is 15.0. The van der Waals surface area contributed by atoms with Gasteiger partial charge in [-0.05, 0) is 16.5 Å². The van der Waals surface area contributed by atoms with E-state index in [0.717, 1.165) is 44.2 Å². The molecule has 1 aromatic rings. The second-order valence-electron chi connectivity index (χ2n) is 6.76. The molecule has 7 nitrogen and oxygen atoms in total. The van der Waals surface area contributed by atoms with Gasteiger partial charge in [-0.25, -0.2) is 0 Å². The van der Waals surface area contributed by atoms with Crippen molar-refractivity contribution in [3.8, 4) is 11.5 Å². The van der Waals surface area contributed by atoms with Crippen molar-refractivity contribution < 1.29 is 24.3 Å². The molecule has 1 aliphatic rings. The van der Waals surface area contributed by atoms with Crippen molar-refractivity contribution in [1.82, 2.24) is 4.90 Å². The van der Waals surface area contributed by atoms with Gasteiger partial charge in [-0.2, -0.15) is 4.89 Å². The summed E-state index contributed by atoms with van der Waals surface area (Å²) in [5.74, 6) is 1.17. The Morgan fingerprint density at radius 2 is 1.92 bits per heavy atom. The highest BCUT2D eigenvalue weighted by atomic mass is 17.5. The van der Waals surface area contributed by atoms with E-state index in [1.807, 2.05) is 6.07 Å². The average molecular weight is 340 g/mol. The molecule has 7 heteroatoms. The lowest BCUT2D eigenvalue weighted by molar-refractivity contribution is -0.453. The Labute approximate surface area is 143 Å². The van der Waals surface area contributed by atoms with Crippen LogP contribution in [0.25, 0.3) is 0 Å². The molecule has 0 radical (unpaired) electrons. The lowest BCUT2D eigenvalue weighted by atomic mass is 9.86. The van der Waals surface area contributed by atoms with Crippen LogP contribution in [0.4, 0.5) is 5.69 Å². The second kappa shape index (κ2) is 8.53. The second-order valence-corrected chi connectivity index (χ2v) is 6.76. The molecule has 24 heavy (non-hydrogen) atoms. The fourth-order valence-corrected chi connectivity index (χ4v) is 2.54. The Balaban J connectivity index is 2.05. The van der Waals surface area contributed by atoms with Crippen LogP contribution in [0.1, 0.15) is 26.3 Å². The molecular formula is C17H28N2O5. The van der Waals surface area contributed by atoms with Gasteiger partial charge in [0.25, 0.3) is 0 Å². The van der Waals surface area contributed by atoms with Crippen molar-refractivity contribution in [3.63, 3.8) is 0 Å². The molecule has 1 aliphatic heterocycles. The van der Waals surface area contributed by atoms with E-state index in [9.17, 15) is 0 Å². The minimum atomic E-state index is -0.190. The molecule has 1 aromatic carbocycles. The Kier molecular flexibility index (Phi) is 6.68. The molecule has 2 N–H and O–H groups in total. The lowest BCUT2D eigenvalue weighted by Gasteiger charge is -2.27. The van der Waals surface area contributed by atoms with Gasteiger partial charge in [-0.3, -0.25) is 4.90 Å². The quantitative estimate of drug-likeness (QED) is 0.463. The first kappa shape index (κ1) is 18.8. The van der Waals surface area contributed by atoms with Crippen LogP contribution in [0.5, 0.6) is 11.5 Å². The zero-order chi connectivity index (χ0) is 17.6. The molecule has 2 rings (SSSR count). The van der Waals surface area contributed by atoms with Crippen LogP contribution in [0.3, 0.4) is 0 Å². The standard InChI is InChI=1S/C17H28N2O5/c1-17(2,3)14-11-13(12-15(18)16(14)23-24-20-4)22-10-7-19-5-8-21-9-6-19/h11-12H,5-10,18H2,1-4H3. The van der Waals surface area contributed by atoms with E-state index in [-0.39, 0.29) is 5.41 Å². The summed E-state index contributed by atoms with van der Waals surface area (Å²) in [6.45, 7) is 11.1. The highest BCUT2D eigenvalue weighted by Crippen LogP contribution is 2.39. The fraction of sp³-hybridized carbons (Fsp3) is 0.647. The first-order valence-corrected chi connectivity index (χ1v) is 8.16. The van der Waals surface area contributed by atoms with Crippen LogP contribution >= 0.6 is 0 Å². The van der Waals surface area contributed by atoms with Crippen LogP contribution in [0, 0.1) is 0 Å². The Hall–Kier alpha value is -1.54. The third-order valence-corrected chi connectivity index (χ3v) is 3.86. The summed E-state index contributed by atoms with van der Waals surface area (Å²) in [5, 5.41) is 4.60. The van der Waals surface area contributed by atoms with Crippen LogP contribution in [-0.4, -0.2) is 51.5 Å². The lowest BCUT2D eigenvalue weighted by Crippen LogP contribution is -2.38. The summed E-state index contributed by atoms with van der Waals surface area (Å²) in [4.78, 5) is 12.0. The number of morpholine rings is 1. The topological polar surface area (TPSA) is 75.4 Å². The van der Waals surface area contributed by atoms with Gasteiger partial charge >= 0.3 is 0 Å². The van der Waals surface area contributed by atoms with Crippen LogP contribution in [0.15, 0.2) is 12.1 Å². The van der Waals surface area contributed by atoms with Crippen molar-refractivity contribution in [2.24, 2.45) is 0 Å². The van der Waals surface area contributed by atoms with E-state index in [0.29, 0.717) is 18.0 Å². The van der Waals surface area contributed by atoms with Gasteiger partial charge in [0.1, 0.15) is 12.4 Å². The molecule has 1 heterocycles. The highest BCUT2D eigenvalue weighted by molar-refractivity contribution is 5.62. The first-order valence-electron chi connectivity index (χ1n) is 8.16. The van der Waals surface area contributed by atoms with E-state index in [1.54, 1.807) is 6.07 Å². The predicted molar refractivity (Wildman–Crippen MR) is 91.0 cm³/mol. The Morgan fingerprint density at radius 1 is 1.21 bits per heavy atom. The summed E-state index contributed by atoms with van der Waals surface area (Å²) in [5.41, 5.74) is 7.25. The van der Waals surface area contributed by atoms with Crippen molar-refractivity contribution in [2.75, 3.05) is 52.3 Å². The van der Waals surface area contributed by atoms with E-state index in [2.05, 4.69) is 35.6 Å². The molecule has 1 saturated heterocycles. The van der Waals surface area contributed by atoms with Gasteiger partial charge in [0.2, 0.25) is 0 Å². The molecule has 136 valence electrons. The van der Waals surface area contributed by atoms with Crippen molar-refractivity contribution in [2.45, 2.75) is 26.2 Å². The summed E-state index contributed by atoms with van der Waals surface area (Å²) in [6, 6.07) is 3.67. The SMILES string of the molecule is COOOc1c(N)cc(OCCN2CCOCC2)cc1C(C)(C)C. The number of rotatable bonds is 7. The summed E-state index contributed by atoms with van der Waals surface area (Å²) >= 11 is 0. The molecular weight excluding hydrogens is 312 g/mol. The molecule has 0 aromatic heterocycles. The van der Waals surface area contributed by atoms with E-state index < -0.39 is 0 Å². The molecule has 0 atom stereocenters. The number of benzene rings is 1. The van der Waals surface area contributed by atoms with Crippen molar-refractivity contribution >= 4 is 5.69 Å². The number of ether oxygens (including phenoxy) is 2. The van der Waals surface area contributed by atoms with Gasteiger partial charge in [0.15, 0.2) is 5.75 Å². The number of nitrogen functional groups attached to an aromatic ring is 1. The number of hydrogen-bond acceptors (Lipinski definition) is 7. The number of hydrogen-bond donors (Lipinski definition) is 1. The normalized spacial score (nSPS) is 16.2. The van der Waals surface area contributed by atoms with Crippen LogP contribution in [-0.2, 0) is 20.1 Å².